The maximum atomic E-state index is 8.62. The molecule has 0 amide bonds. The average molecular weight is 278 g/mol. The minimum absolute atomic E-state index is 0.272. The van der Waals surface area contributed by atoms with Gasteiger partial charge in [0.2, 0.25) is 0 Å². The van der Waals surface area contributed by atoms with E-state index in [1.165, 1.54) is 0 Å². The van der Waals surface area contributed by atoms with Gasteiger partial charge in [-0.05, 0) is 23.8 Å². The molecule has 0 saturated heterocycles. The Kier molecular flexibility index (Phi) is 3.71. The molecule has 0 spiro atoms. The van der Waals surface area contributed by atoms with E-state index in [0.717, 1.165) is 5.56 Å². The second-order valence-electron chi connectivity index (χ2n) is 3.71. The Morgan fingerprint density at radius 3 is 2.50 bits per heavy atom. The number of nitrogens with zero attached hydrogens (tertiary/aromatic N) is 2. The second-order valence-corrected chi connectivity index (χ2v) is 4.53. The van der Waals surface area contributed by atoms with Crippen LogP contribution in [0.15, 0.2) is 30.5 Å². The topological polar surface area (TPSA) is 62.7 Å². The minimum atomic E-state index is 0.272. The molecule has 1 aromatic heterocycles. The van der Waals surface area contributed by atoms with Crippen molar-refractivity contribution in [1.82, 2.24) is 4.98 Å². The van der Waals surface area contributed by atoms with Crippen molar-refractivity contribution in [2.75, 3.05) is 5.73 Å². The molecule has 0 aliphatic heterocycles. The third-order valence-corrected chi connectivity index (χ3v) is 3.09. The van der Waals surface area contributed by atoms with Crippen molar-refractivity contribution in [3.63, 3.8) is 0 Å². The molecule has 0 aliphatic carbocycles. The molecule has 2 rings (SSSR count). The van der Waals surface area contributed by atoms with Crippen LogP contribution in [-0.4, -0.2) is 4.98 Å². The van der Waals surface area contributed by atoms with E-state index in [0.29, 0.717) is 27.0 Å². The van der Waals surface area contributed by atoms with Crippen LogP contribution in [0.2, 0.25) is 10.0 Å². The summed E-state index contributed by atoms with van der Waals surface area (Å²) in [4.78, 5) is 4.24. The van der Waals surface area contributed by atoms with Crippen LogP contribution in [0.5, 0.6) is 0 Å². The van der Waals surface area contributed by atoms with E-state index in [4.69, 9.17) is 34.2 Å². The van der Waals surface area contributed by atoms with E-state index in [-0.39, 0.29) is 6.42 Å². The molecule has 5 heteroatoms. The number of hydrogen-bond acceptors (Lipinski definition) is 3. The summed E-state index contributed by atoms with van der Waals surface area (Å²) in [6, 6.07) is 8.98. The van der Waals surface area contributed by atoms with Gasteiger partial charge in [-0.15, -0.1) is 0 Å². The van der Waals surface area contributed by atoms with E-state index in [1.807, 2.05) is 6.07 Å². The highest BCUT2D eigenvalue weighted by Gasteiger charge is 2.13. The third-order valence-electron chi connectivity index (χ3n) is 2.46. The van der Waals surface area contributed by atoms with Gasteiger partial charge >= 0.3 is 0 Å². The van der Waals surface area contributed by atoms with Crippen LogP contribution < -0.4 is 5.73 Å². The van der Waals surface area contributed by atoms with Gasteiger partial charge in [-0.25, -0.2) is 0 Å². The number of halogens is 2. The van der Waals surface area contributed by atoms with Crippen LogP contribution in [0.25, 0.3) is 11.3 Å². The lowest BCUT2D eigenvalue weighted by Gasteiger charge is -2.09. The van der Waals surface area contributed by atoms with Crippen molar-refractivity contribution in [3.05, 3.63) is 46.1 Å². The van der Waals surface area contributed by atoms with Gasteiger partial charge < -0.3 is 5.73 Å². The Balaban J connectivity index is 2.56. The van der Waals surface area contributed by atoms with Crippen LogP contribution in [-0.2, 0) is 6.42 Å². The zero-order valence-corrected chi connectivity index (χ0v) is 10.8. The van der Waals surface area contributed by atoms with E-state index in [9.17, 15) is 0 Å². The molecular weight excluding hydrogens is 269 g/mol. The van der Waals surface area contributed by atoms with Crippen LogP contribution in [0.4, 0.5) is 5.69 Å². The van der Waals surface area contributed by atoms with Crippen molar-refractivity contribution in [3.8, 4) is 17.3 Å². The molecule has 0 aliphatic rings. The fourth-order valence-electron chi connectivity index (χ4n) is 1.65. The van der Waals surface area contributed by atoms with Crippen molar-refractivity contribution < 1.29 is 0 Å². The Labute approximate surface area is 115 Å². The van der Waals surface area contributed by atoms with Crippen LogP contribution in [0.3, 0.4) is 0 Å². The Bertz CT molecular complexity index is 612. The summed E-state index contributed by atoms with van der Waals surface area (Å²) < 4.78 is 0. The van der Waals surface area contributed by atoms with Gasteiger partial charge in [0.1, 0.15) is 0 Å². The maximum absolute atomic E-state index is 8.62. The molecule has 0 radical (unpaired) electrons. The quantitative estimate of drug-likeness (QED) is 0.910. The van der Waals surface area contributed by atoms with Crippen molar-refractivity contribution in [2.45, 2.75) is 6.42 Å². The molecule has 0 atom stereocenters. The predicted octanol–water partition coefficient (Wildman–Crippen LogP) is 3.70. The van der Waals surface area contributed by atoms with Crippen LogP contribution in [0.1, 0.15) is 5.56 Å². The number of nitriles is 1. The molecule has 18 heavy (non-hydrogen) atoms. The summed E-state index contributed by atoms with van der Waals surface area (Å²) in [6.07, 6.45) is 1.88. The zero-order valence-electron chi connectivity index (χ0n) is 9.32. The summed E-state index contributed by atoms with van der Waals surface area (Å²) in [6.45, 7) is 0. The van der Waals surface area contributed by atoms with Gasteiger partial charge in [-0.1, -0.05) is 29.3 Å². The van der Waals surface area contributed by atoms with Gasteiger partial charge in [0.15, 0.2) is 0 Å². The first-order valence-corrected chi connectivity index (χ1v) is 5.95. The predicted molar refractivity (Wildman–Crippen MR) is 73.4 cm³/mol. The first-order chi connectivity index (χ1) is 8.63. The highest BCUT2D eigenvalue weighted by molar-refractivity contribution is 6.39. The third kappa shape index (κ3) is 2.40. The SMILES string of the molecule is N#CCc1cnc(-c2c(Cl)cccc2Cl)c(N)c1. The first kappa shape index (κ1) is 12.7. The van der Waals surface area contributed by atoms with Crippen molar-refractivity contribution in [1.29, 1.82) is 5.26 Å². The highest BCUT2D eigenvalue weighted by atomic mass is 35.5. The van der Waals surface area contributed by atoms with Gasteiger partial charge in [-0.2, -0.15) is 5.26 Å². The lowest BCUT2D eigenvalue weighted by molar-refractivity contribution is 1.20. The summed E-state index contributed by atoms with van der Waals surface area (Å²) in [7, 11) is 0. The number of nitrogen functional groups attached to an aromatic ring is 1. The number of pyridine rings is 1. The lowest BCUT2D eigenvalue weighted by Crippen LogP contribution is -1.97. The fraction of sp³-hybridized carbons (Fsp3) is 0.0769. The zero-order chi connectivity index (χ0) is 13.1. The summed E-state index contributed by atoms with van der Waals surface area (Å²) in [5, 5.41) is 9.61. The molecule has 1 aromatic carbocycles. The number of nitrogens with two attached hydrogens (primary N) is 1. The molecular formula is C13H9Cl2N3. The van der Waals surface area contributed by atoms with E-state index in [1.54, 1.807) is 30.5 Å². The van der Waals surface area contributed by atoms with Crippen molar-refractivity contribution in [2.24, 2.45) is 0 Å². The molecule has 3 nitrogen and oxygen atoms in total. The molecule has 0 bridgehead atoms. The fourth-order valence-corrected chi connectivity index (χ4v) is 2.22. The molecule has 0 unspecified atom stereocenters. The number of hydrogen-bond donors (Lipinski definition) is 1. The van der Waals surface area contributed by atoms with Crippen LogP contribution in [0, 0.1) is 11.3 Å². The number of anilines is 1. The Morgan fingerprint density at radius 1 is 1.28 bits per heavy atom. The summed E-state index contributed by atoms with van der Waals surface area (Å²) >= 11 is 12.2. The van der Waals surface area contributed by atoms with Crippen LogP contribution >= 0.6 is 23.2 Å². The molecule has 1 heterocycles. The Morgan fingerprint density at radius 2 is 1.94 bits per heavy atom. The van der Waals surface area contributed by atoms with Gasteiger partial charge in [-0.3, -0.25) is 4.98 Å². The maximum Gasteiger partial charge on any atom is 0.0961 e. The minimum Gasteiger partial charge on any atom is -0.397 e. The normalized spacial score (nSPS) is 10.1. The standard InChI is InChI=1S/C13H9Cl2N3/c14-9-2-1-3-10(15)12(9)13-11(17)6-8(4-5-16)7-18-13/h1-3,6-7H,4,17H2. The average Bonchev–Trinajstić information content (AvgIpc) is 2.32. The summed E-state index contributed by atoms with van der Waals surface area (Å²) in [5.41, 5.74) is 8.30. The molecule has 0 saturated carbocycles. The van der Waals surface area contributed by atoms with Gasteiger partial charge in [0, 0.05) is 11.8 Å². The molecule has 0 fully saturated rings. The molecule has 2 aromatic rings. The molecule has 90 valence electrons. The first-order valence-electron chi connectivity index (χ1n) is 5.19. The summed E-state index contributed by atoms with van der Waals surface area (Å²) in [5.74, 6) is 0. The second kappa shape index (κ2) is 5.26. The van der Waals surface area contributed by atoms with Gasteiger partial charge in [0.25, 0.3) is 0 Å². The molecule has 2 N–H and O–H groups in total. The number of benzene rings is 1. The highest BCUT2D eigenvalue weighted by Crippen LogP contribution is 2.36. The van der Waals surface area contributed by atoms with Crippen molar-refractivity contribution >= 4 is 28.9 Å². The van der Waals surface area contributed by atoms with E-state index in [2.05, 4.69) is 4.98 Å². The lowest BCUT2D eigenvalue weighted by atomic mass is 10.1. The smallest absolute Gasteiger partial charge is 0.0961 e. The number of rotatable bonds is 2. The van der Waals surface area contributed by atoms with E-state index >= 15 is 0 Å². The van der Waals surface area contributed by atoms with Gasteiger partial charge in [0.05, 0.1) is 33.9 Å². The largest absolute Gasteiger partial charge is 0.397 e. The monoisotopic (exact) mass is 277 g/mol. The number of aromatic nitrogens is 1. The Hall–Kier alpha value is -1.76. The van der Waals surface area contributed by atoms with E-state index < -0.39 is 0 Å².